The Hall–Kier alpha value is -1.44. The number of aromatic nitrogens is 2. The van der Waals surface area contributed by atoms with Crippen molar-refractivity contribution in [1.29, 1.82) is 0 Å². The molecule has 106 valence electrons. The third-order valence-electron chi connectivity index (χ3n) is 2.60. The van der Waals surface area contributed by atoms with Gasteiger partial charge in [0.15, 0.2) is 5.82 Å². The Morgan fingerprint density at radius 2 is 2.16 bits per heavy atom. The molecule has 0 spiro atoms. The van der Waals surface area contributed by atoms with E-state index in [9.17, 15) is 18.0 Å². The predicted molar refractivity (Wildman–Crippen MR) is 56.3 cm³/mol. The second kappa shape index (κ2) is 5.68. The van der Waals surface area contributed by atoms with Gasteiger partial charge in [0.1, 0.15) is 12.4 Å². The first-order valence-electron chi connectivity index (χ1n) is 5.93. The van der Waals surface area contributed by atoms with Gasteiger partial charge in [-0.2, -0.15) is 18.2 Å². The number of carbonyl (C=O) groups is 1. The lowest BCUT2D eigenvalue weighted by molar-refractivity contribution is -0.173. The van der Waals surface area contributed by atoms with Gasteiger partial charge >= 0.3 is 6.18 Å². The summed E-state index contributed by atoms with van der Waals surface area (Å²) in [6, 6.07) is 0. The van der Waals surface area contributed by atoms with E-state index in [4.69, 9.17) is 4.52 Å². The Bertz CT molecular complexity index is 441. The molecule has 0 radical (unpaired) electrons. The van der Waals surface area contributed by atoms with E-state index in [0.717, 1.165) is 12.8 Å². The summed E-state index contributed by atoms with van der Waals surface area (Å²) in [6.07, 6.45) is -2.30. The van der Waals surface area contributed by atoms with Crippen molar-refractivity contribution in [2.45, 2.75) is 31.9 Å². The molecule has 1 aliphatic carbocycles. The molecule has 5 nitrogen and oxygen atoms in total. The van der Waals surface area contributed by atoms with Crippen LogP contribution in [0.2, 0.25) is 0 Å². The highest BCUT2D eigenvalue weighted by atomic mass is 19.4. The fourth-order valence-corrected chi connectivity index (χ4v) is 1.51. The summed E-state index contributed by atoms with van der Waals surface area (Å²) in [5, 5.41) is 3.58. The summed E-state index contributed by atoms with van der Waals surface area (Å²) in [5.74, 6) is 0.650. The van der Waals surface area contributed by atoms with Crippen molar-refractivity contribution in [2.24, 2.45) is 5.92 Å². The molecule has 19 heavy (non-hydrogen) atoms. The zero-order chi connectivity index (χ0) is 13.9. The van der Waals surface area contributed by atoms with Gasteiger partial charge in [-0.1, -0.05) is 5.16 Å². The highest BCUT2D eigenvalue weighted by molar-refractivity contribution is 5.84. The zero-order valence-corrected chi connectivity index (χ0v) is 10.1. The van der Waals surface area contributed by atoms with Gasteiger partial charge in [0.05, 0.1) is 13.0 Å². The smallest absolute Gasteiger partial charge is 0.372 e. The number of ketones is 1. The molecule has 0 atom stereocenters. The van der Waals surface area contributed by atoms with Crippen LogP contribution < -0.4 is 0 Å². The Morgan fingerprint density at radius 1 is 1.42 bits per heavy atom. The van der Waals surface area contributed by atoms with Crippen molar-refractivity contribution in [3.63, 3.8) is 0 Å². The molecule has 0 bridgehead atoms. The van der Waals surface area contributed by atoms with Crippen molar-refractivity contribution in [1.82, 2.24) is 10.1 Å². The van der Waals surface area contributed by atoms with Gasteiger partial charge in [-0.3, -0.25) is 4.79 Å². The van der Waals surface area contributed by atoms with Crippen molar-refractivity contribution in [3.05, 3.63) is 11.7 Å². The molecule has 1 heterocycles. The second-order valence-electron chi connectivity index (χ2n) is 4.44. The first-order valence-corrected chi connectivity index (χ1v) is 5.93. The molecule has 1 aliphatic rings. The first kappa shape index (κ1) is 14.0. The van der Waals surface area contributed by atoms with Gasteiger partial charge in [-0.15, -0.1) is 0 Å². The minimum atomic E-state index is -4.33. The van der Waals surface area contributed by atoms with Crippen molar-refractivity contribution in [2.75, 3.05) is 13.2 Å². The Labute approximate surface area is 107 Å². The van der Waals surface area contributed by atoms with E-state index in [1.807, 2.05) is 0 Å². The Morgan fingerprint density at radius 3 is 2.79 bits per heavy atom. The fraction of sp³-hybridized carbons (Fsp3) is 0.727. The molecular weight excluding hydrogens is 265 g/mol. The molecule has 2 rings (SSSR count). The predicted octanol–water partition coefficient (Wildman–Crippen LogP) is 1.71. The van der Waals surface area contributed by atoms with E-state index < -0.39 is 12.8 Å². The molecule has 0 unspecified atom stereocenters. The van der Waals surface area contributed by atoms with Crippen molar-refractivity contribution in [3.8, 4) is 0 Å². The first-order chi connectivity index (χ1) is 8.94. The van der Waals surface area contributed by atoms with Crippen molar-refractivity contribution < 1.29 is 27.2 Å². The van der Waals surface area contributed by atoms with Crippen LogP contribution in [0.1, 0.15) is 24.6 Å². The average molecular weight is 278 g/mol. The topological polar surface area (TPSA) is 65.2 Å². The average Bonchev–Trinajstić information content (AvgIpc) is 3.07. The van der Waals surface area contributed by atoms with Crippen LogP contribution in [0.25, 0.3) is 0 Å². The van der Waals surface area contributed by atoms with Crippen LogP contribution in [0.3, 0.4) is 0 Å². The quantitative estimate of drug-likeness (QED) is 0.710. The van der Waals surface area contributed by atoms with Gasteiger partial charge in [-0.05, 0) is 12.8 Å². The van der Waals surface area contributed by atoms with Gasteiger partial charge in [0, 0.05) is 12.3 Å². The van der Waals surface area contributed by atoms with E-state index in [1.54, 1.807) is 0 Å². The minimum absolute atomic E-state index is 0.0727. The summed E-state index contributed by atoms with van der Waals surface area (Å²) in [4.78, 5) is 15.4. The number of carbonyl (C=O) groups excluding carboxylic acids is 1. The highest BCUT2D eigenvalue weighted by Gasteiger charge is 2.30. The van der Waals surface area contributed by atoms with Crippen LogP contribution in [0.15, 0.2) is 4.52 Å². The van der Waals surface area contributed by atoms with E-state index in [-0.39, 0.29) is 42.9 Å². The number of alkyl halides is 3. The SMILES string of the molecule is O=C(Cc1nc(CCOCC(F)(F)F)no1)C1CC1. The Balaban J connectivity index is 1.70. The standard InChI is InChI=1S/C11H13F3N2O3/c12-11(13,14)6-18-4-3-9-15-10(19-16-9)5-8(17)7-1-2-7/h7H,1-6H2. The van der Waals surface area contributed by atoms with Crippen LogP contribution in [-0.2, 0) is 22.4 Å². The molecule has 0 amide bonds. The Kier molecular flexibility index (Phi) is 4.18. The van der Waals surface area contributed by atoms with Crippen LogP contribution in [0.5, 0.6) is 0 Å². The van der Waals surface area contributed by atoms with Gasteiger partial charge in [0.25, 0.3) is 0 Å². The lowest BCUT2D eigenvalue weighted by Crippen LogP contribution is -2.18. The summed E-state index contributed by atoms with van der Waals surface area (Å²) in [7, 11) is 0. The number of hydrogen-bond donors (Lipinski definition) is 0. The fourth-order valence-electron chi connectivity index (χ4n) is 1.51. The highest BCUT2D eigenvalue weighted by Crippen LogP contribution is 2.30. The van der Waals surface area contributed by atoms with Gasteiger partial charge < -0.3 is 9.26 Å². The zero-order valence-electron chi connectivity index (χ0n) is 10.1. The maximum absolute atomic E-state index is 11.8. The number of ether oxygens (including phenoxy) is 1. The number of Topliss-reactive ketones (excluding diaryl/α,β-unsaturated/α-hetero) is 1. The lowest BCUT2D eigenvalue weighted by atomic mass is 10.2. The van der Waals surface area contributed by atoms with Gasteiger partial charge in [-0.25, -0.2) is 0 Å². The maximum Gasteiger partial charge on any atom is 0.411 e. The summed E-state index contributed by atoms with van der Waals surface area (Å²) in [5.41, 5.74) is 0. The van der Waals surface area contributed by atoms with Crippen LogP contribution in [-0.4, -0.2) is 35.3 Å². The molecule has 0 saturated heterocycles. The molecule has 8 heteroatoms. The molecular formula is C11H13F3N2O3. The summed E-state index contributed by atoms with van der Waals surface area (Å²) >= 11 is 0. The van der Waals surface area contributed by atoms with E-state index in [1.165, 1.54) is 0 Å². The molecule has 1 fully saturated rings. The van der Waals surface area contributed by atoms with E-state index in [2.05, 4.69) is 14.9 Å². The third-order valence-corrected chi connectivity index (χ3v) is 2.60. The molecule has 1 aromatic rings. The molecule has 1 saturated carbocycles. The van der Waals surface area contributed by atoms with Crippen LogP contribution in [0.4, 0.5) is 13.2 Å². The maximum atomic E-state index is 11.8. The lowest BCUT2D eigenvalue weighted by Gasteiger charge is -2.05. The molecule has 0 aromatic carbocycles. The molecule has 1 aromatic heterocycles. The normalized spacial score (nSPS) is 15.7. The van der Waals surface area contributed by atoms with E-state index in [0.29, 0.717) is 0 Å². The number of hydrogen-bond acceptors (Lipinski definition) is 5. The number of nitrogens with zero attached hydrogens (tertiary/aromatic N) is 2. The van der Waals surface area contributed by atoms with E-state index >= 15 is 0 Å². The van der Waals surface area contributed by atoms with Crippen molar-refractivity contribution >= 4 is 5.78 Å². The number of halogens is 3. The third kappa shape index (κ3) is 4.98. The minimum Gasteiger partial charge on any atom is -0.372 e. The monoisotopic (exact) mass is 278 g/mol. The van der Waals surface area contributed by atoms with Crippen LogP contribution >= 0.6 is 0 Å². The second-order valence-corrected chi connectivity index (χ2v) is 4.44. The largest absolute Gasteiger partial charge is 0.411 e. The van der Waals surface area contributed by atoms with Crippen LogP contribution in [0, 0.1) is 5.92 Å². The molecule has 0 aliphatic heterocycles. The number of rotatable bonds is 7. The molecule has 0 N–H and O–H groups in total. The summed E-state index contributed by atoms with van der Waals surface area (Å²) < 4.78 is 44.7. The summed E-state index contributed by atoms with van der Waals surface area (Å²) in [6.45, 7) is -1.44. The van der Waals surface area contributed by atoms with Gasteiger partial charge in [0.2, 0.25) is 5.89 Å².